The Balaban J connectivity index is 2.35. The number of carbonyl (C=O) groups is 2. The Morgan fingerprint density at radius 2 is 1.89 bits per heavy atom. The molecule has 0 radical (unpaired) electrons. The van der Waals surface area contributed by atoms with Crippen LogP contribution in [-0.4, -0.2) is 30.3 Å². The number of rotatable bonds is 7. The molecule has 0 fully saturated rings. The monoisotopic (exact) mass is 252 g/mol. The number of hydrogen-bond donors (Lipinski definition) is 1. The zero-order valence-electron chi connectivity index (χ0n) is 10.2. The first-order valence-electron chi connectivity index (χ1n) is 5.71. The van der Waals surface area contributed by atoms with Crippen molar-refractivity contribution in [2.24, 2.45) is 0 Å². The first-order chi connectivity index (χ1) is 8.61. The Hall–Kier alpha value is -2.04. The maximum Gasteiger partial charge on any atom is 0.309 e. The van der Waals surface area contributed by atoms with E-state index in [1.165, 1.54) is 0 Å². The lowest BCUT2D eigenvalue weighted by Gasteiger charge is -2.06. The standard InChI is InChI=1S/C13H16O5/c1-2-17-13(16)7-8-18-11-5-3-10(4-6-11)9-12(14)15/h3-6H,2,7-9H2,1H3,(H,14,15). The van der Waals surface area contributed by atoms with E-state index in [1.807, 2.05) is 0 Å². The first kappa shape index (κ1) is 14.0. The van der Waals surface area contributed by atoms with Crippen LogP contribution in [0.2, 0.25) is 0 Å². The van der Waals surface area contributed by atoms with Gasteiger partial charge in [0.05, 0.1) is 26.1 Å². The van der Waals surface area contributed by atoms with E-state index < -0.39 is 5.97 Å². The second-order valence-electron chi connectivity index (χ2n) is 3.62. The van der Waals surface area contributed by atoms with Gasteiger partial charge in [-0.1, -0.05) is 12.1 Å². The van der Waals surface area contributed by atoms with E-state index in [4.69, 9.17) is 14.6 Å². The highest BCUT2D eigenvalue weighted by atomic mass is 16.5. The predicted octanol–water partition coefficient (Wildman–Crippen LogP) is 1.65. The lowest BCUT2D eigenvalue weighted by molar-refractivity contribution is -0.143. The summed E-state index contributed by atoms with van der Waals surface area (Å²) in [5.41, 5.74) is 0.709. The molecule has 0 amide bonds. The average molecular weight is 252 g/mol. The second-order valence-corrected chi connectivity index (χ2v) is 3.62. The van der Waals surface area contributed by atoms with Crippen LogP contribution < -0.4 is 4.74 Å². The summed E-state index contributed by atoms with van der Waals surface area (Å²) < 4.78 is 10.1. The highest BCUT2D eigenvalue weighted by Gasteiger charge is 2.03. The smallest absolute Gasteiger partial charge is 0.309 e. The number of esters is 1. The maximum atomic E-state index is 11.0. The van der Waals surface area contributed by atoms with Crippen molar-refractivity contribution >= 4 is 11.9 Å². The van der Waals surface area contributed by atoms with Crippen LogP contribution in [0.25, 0.3) is 0 Å². The van der Waals surface area contributed by atoms with Gasteiger partial charge in [0.2, 0.25) is 0 Å². The fourth-order valence-corrected chi connectivity index (χ4v) is 1.36. The molecular weight excluding hydrogens is 236 g/mol. The average Bonchev–Trinajstić information content (AvgIpc) is 2.31. The summed E-state index contributed by atoms with van der Waals surface area (Å²) in [4.78, 5) is 21.5. The number of carboxylic acids is 1. The zero-order valence-corrected chi connectivity index (χ0v) is 10.2. The fraction of sp³-hybridized carbons (Fsp3) is 0.385. The van der Waals surface area contributed by atoms with Crippen LogP contribution in [0.1, 0.15) is 18.9 Å². The van der Waals surface area contributed by atoms with Crippen molar-refractivity contribution in [3.8, 4) is 5.75 Å². The van der Waals surface area contributed by atoms with Gasteiger partial charge in [0.25, 0.3) is 0 Å². The van der Waals surface area contributed by atoms with Gasteiger partial charge in [0.1, 0.15) is 5.75 Å². The Kier molecular flexibility index (Phi) is 5.70. The van der Waals surface area contributed by atoms with Gasteiger partial charge in [-0.3, -0.25) is 9.59 Å². The number of aliphatic carboxylic acids is 1. The van der Waals surface area contributed by atoms with E-state index in [9.17, 15) is 9.59 Å². The topological polar surface area (TPSA) is 72.8 Å². The molecule has 0 saturated carbocycles. The minimum atomic E-state index is -0.869. The van der Waals surface area contributed by atoms with Crippen LogP contribution in [0.15, 0.2) is 24.3 Å². The van der Waals surface area contributed by atoms with Gasteiger partial charge in [0.15, 0.2) is 0 Å². The SMILES string of the molecule is CCOC(=O)CCOc1ccc(CC(=O)O)cc1. The van der Waals surface area contributed by atoms with Crippen LogP contribution in [0.4, 0.5) is 0 Å². The quantitative estimate of drug-likeness (QED) is 0.747. The normalized spacial score (nSPS) is 9.83. The van der Waals surface area contributed by atoms with Crippen molar-refractivity contribution in [3.05, 3.63) is 29.8 Å². The van der Waals surface area contributed by atoms with Gasteiger partial charge in [0, 0.05) is 0 Å². The molecule has 0 spiro atoms. The summed E-state index contributed by atoms with van der Waals surface area (Å²) in [6.45, 7) is 2.36. The summed E-state index contributed by atoms with van der Waals surface area (Å²) in [7, 11) is 0. The van der Waals surface area contributed by atoms with Crippen LogP contribution in [0.5, 0.6) is 5.75 Å². The molecule has 0 heterocycles. The lowest BCUT2D eigenvalue weighted by atomic mass is 10.1. The van der Waals surface area contributed by atoms with Gasteiger partial charge >= 0.3 is 11.9 Å². The molecule has 1 aromatic rings. The minimum Gasteiger partial charge on any atom is -0.493 e. The van der Waals surface area contributed by atoms with Crippen molar-refractivity contribution in [2.45, 2.75) is 19.8 Å². The Bertz CT molecular complexity index is 396. The molecule has 0 saturated heterocycles. The molecule has 1 aromatic carbocycles. The van der Waals surface area contributed by atoms with Crippen molar-refractivity contribution in [3.63, 3.8) is 0 Å². The van der Waals surface area contributed by atoms with E-state index in [0.717, 1.165) is 0 Å². The molecule has 0 aliphatic rings. The summed E-state index contributed by atoms with van der Waals surface area (Å²) in [5, 5.41) is 8.61. The molecule has 5 nitrogen and oxygen atoms in total. The van der Waals surface area contributed by atoms with Gasteiger partial charge < -0.3 is 14.6 Å². The number of hydrogen-bond acceptors (Lipinski definition) is 4. The largest absolute Gasteiger partial charge is 0.493 e. The van der Waals surface area contributed by atoms with Gasteiger partial charge in [-0.15, -0.1) is 0 Å². The molecular formula is C13H16O5. The molecule has 5 heteroatoms. The van der Waals surface area contributed by atoms with Crippen LogP contribution >= 0.6 is 0 Å². The molecule has 1 N–H and O–H groups in total. The van der Waals surface area contributed by atoms with Crippen molar-refractivity contribution in [1.82, 2.24) is 0 Å². The van der Waals surface area contributed by atoms with Crippen LogP contribution in [0, 0.1) is 0 Å². The number of benzene rings is 1. The Morgan fingerprint density at radius 1 is 1.22 bits per heavy atom. The van der Waals surface area contributed by atoms with Crippen molar-refractivity contribution < 1.29 is 24.2 Å². The third-order valence-electron chi connectivity index (χ3n) is 2.16. The van der Waals surface area contributed by atoms with E-state index in [0.29, 0.717) is 17.9 Å². The summed E-state index contributed by atoms with van der Waals surface area (Å²) in [5.74, 6) is -0.556. The van der Waals surface area contributed by atoms with Crippen LogP contribution in [0.3, 0.4) is 0 Å². The second kappa shape index (κ2) is 7.32. The number of carbonyl (C=O) groups excluding carboxylic acids is 1. The van der Waals surface area contributed by atoms with E-state index in [1.54, 1.807) is 31.2 Å². The zero-order chi connectivity index (χ0) is 13.4. The molecule has 0 aliphatic carbocycles. The van der Waals surface area contributed by atoms with Gasteiger partial charge in [-0.05, 0) is 24.6 Å². The number of ether oxygens (including phenoxy) is 2. The van der Waals surface area contributed by atoms with Crippen molar-refractivity contribution in [1.29, 1.82) is 0 Å². The third-order valence-corrected chi connectivity index (χ3v) is 2.16. The van der Waals surface area contributed by atoms with Gasteiger partial charge in [-0.2, -0.15) is 0 Å². The first-order valence-corrected chi connectivity index (χ1v) is 5.71. The van der Waals surface area contributed by atoms with E-state index in [2.05, 4.69) is 0 Å². The van der Waals surface area contributed by atoms with Crippen LogP contribution in [-0.2, 0) is 20.7 Å². The summed E-state index contributed by atoms with van der Waals surface area (Å²) in [6.07, 6.45) is 0.188. The molecule has 0 aliphatic heterocycles. The molecule has 0 bridgehead atoms. The molecule has 0 aromatic heterocycles. The molecule has 0 atom stereocenters. The summed E-state index contributed by atoms with van der Waals surface area (Å²) >= 11 is 0. The molecule has 18 heavy (non-hydrogen) atoms. The molecule has 1 rings (SSSR count). The highest BCUT2D eigenvalue weighted by molar-refractivity contribution is 5.70. The van der Waals surface area contributed by atoms with E-state index in [-0.39, 0.29) is 25.4 Å². The lowest BCUT2D eigenvalue weighted by Crippen LogP contribution is -2.09. The summed E-state index contributed by atoms with van der Waals surface area (Å²) in [6, 6.07) is 6.74. The van der Waals surface area contributed by atoms with E-state index >= 15 is 0 Å². The molecule has 0 unspecified atom stereocenters. The third kappa shape index (κ3) is 5.34. The molecule has 98 valence electrons. The number of carboxylic acid groups (broad SMARTS) is 1. The Labute approximate surface area is 105 Å². The predicted molar refractivity (Wildman–Crippen MR) is 64.5 cm³/mol. The van der Waals surface area contributed by atoms with Crippen molar-refractivity contribution in [2.75, 3.05) is 13.2 Å². The Morgan fingerprint density at radius 3 is 2.44 bits per heavy atom. The van der Waals surface area contributed by atoms with Gasteiger partial charge in [-0.25, -0.2) is 0 Å². The maximum absolute atomic E-state index is 11.0. The minimum absolute atomic E-state index is 0.0108. The highest BCUT2D eigenvalue weighted by Crippen LogP contribution is 2.12. The fourth-order valence-electron chi connectivity index (χ4n) is 1.36.